The number of carbonyl (C=O) groups is 2. The molecular formula is C44H42O8. The van der Waals surface area contributed by atoms with Gasteiger partial charge in [-0.25, -0.2) is 0 Å². The summed E-state index contributed by atoms with van der Waals surface area (Å²) in [4.78, 5) is 27.3. The summed E-state index contributed by atoms with van der Waals surface area (Å²) in [6.45, 7) is 7.39. The molecule has 0 saturated heterocycles. The van der Waals surface area contributed by atoms with Gasteiger partial charge in [-0.1, -0.05) is 74.5 Å². The van der Waals surface area contributed by atoms with E-state index in [-0.39, 0.29) is 80.0 Å². The SMILES string of the molecule is Cc1cc2c(C(=O)CC[C@H](C)c3ccccc3)c(O)c(O)cc2c(O)c1-c1c(C)cc2c(C(=O)CC[C@H](C)c3ccccc3)c(O)c(O)cc2c1O. The van der Waals surface area contributed by atoms with Crippen LogP contribution in [-0.2, 0) is 0 Å². The van der Waals surface area contributed by atoms with Crippen LogP contribution < -0.4 is 0 Å². The summed E-state index contributed by atoms with van der Waals surface area (Å²) in [6, 6.07) is 25.1. The van der Waals surface area contributed by atoms with Crippen molar-refractivity contribution in [3.63, 3.8) is 0 Å². The van der Waals surface area contributed by atoms with Crippen molar-refractivity contribution in [1.29, 1.82) is 0 Å². The molecule has 0 aromatic heterocycles. The third-order valence-electron chi connectivity index (χ3n) is 10.3. The van der Waals surface area contributed by atoms with Crippen LogP contribution in [0.5, 0.6) is 34.5 Å². The molecule has 8 heteroatoms. The van der Waals surface area contributed by atoms with E-state index in [4.69, 9.17) is 0 Å². The molecule has 0 amide bonds. The van der Waals surface area contributed by atoms with Gasteiger partial charge in [0.15, 0.2) is 34.6 Å². The summed E-state index contributed by atoms with van der Waals surface area (Å²) in [5.41, 5.74) is 3.23. The molecule has 0 aliphatic rings. The van der Waals surface area contributed by atoms with Crippen LogP contribution >= 0.6 is 0 Å². The Morgan fingerprint density at radius 3 is 1.19 bits per heavy atom. The Kier molecular flexibility index (Phi) is 9.85. The van der Waals surface area contributed by atoms with Crippen LogP contribution in [0, 0.1) is 13.8 Å². The van der Waals surface area contributed by atoms with Crippen molar-refractivity contribution in [1.82, 2.24) is 0 Å². The van der Waals surface area contributed by atoms with Gasteiger partial charge >= 0.3 is 0 Å². The number of Topliss-reactive ketones (excluding diaryl/α,β-unsaturated/α-hetero) is 2. The Balaban J connectivity index is 1.41. The van der Waals surface area contributed by atoms with Gasteiger partial charge in [0.2, 0.25) is 0 Å². The van der Waals surface area contributed by atoms with E-state index in [1.165, 1.54) is 12.1 Å². The summed E-state index contributed by atoms with van der Waals surface area (Å²) in [6.07, 6.45) is 1.14. The van der Waals surface area contributed by atoms with Crippen LogP contribution in [-0.4, -0.2) is 42.2 Å². The van der Waals surface area contributed by atoms with Crippen molar-refractivity contribution >= 4 is 33.1 Å². The molecule has 0 aliphatic heterocycles. The Bertz CT molecular complexity index is 2180. The van der Waals surface area contributed by atoms with Crippen LogP contribution in [0.3, 0.4) is 0 Å². The molecule has 0 saturated carbocycles. The molecule has 6 aromatic rings. The number of ketones is 2. The average molecular weight is 699 g/mol. The van der Waals surface area contributed by atoms with Crippen molar-refractivity contribution in [2.75, 3.05) is 0 Å². The highest BCUT2D eigenvalue weighted by Gasteiger charge is 2.28. The first-order valence-electron chi connectivity index (χ1n) is 17.4. The van der Waals surface area contributed by atoms with E-state index in [9.17, 15) is 40.2 Å². The zero-order valence-corrected chi connectivity index (χ0v) is 29.6. The summed E-state index contributed by atoms with van der Waals surface area (Å²) in [5.74, 6) is -3.68. The second kappa shape index (κ2) is 14.3. The molecule has 0 radical (unpaired) electrons. The Hall–Kier alpha value is -6.02. The lowest BCUT2D eigenvalue weighted by molar-refractivity contribution is 0.0968. The topological polar surface area (TPSA) is 156 Å². The first-order valence-corrected chi connectivity index (χ1v) is 17.4. The molecule has 52 heavy (non-hydrogen) atoms. The second-order valence-electron chi connectivity index (χ2n) is 13.8. The van der Waals surface area contributed by atoms with E-state index < -0.39 is 34.6 Å². The predicted molar refractivity (Wildman–Crippen MR) is 203 cm³/mol. The van der Waals surface area contributed by atoms with E-state index in [0.717, 1.165) is 11.1 Å². The molecule has 266 valence electrons. The average Bonchev–Trinajstić information content (AvgIpc) is 3.13. The van der Waals surface area contributed by atoms with Crippen molar-refractivity contribution in [3.8, 4) is 45.6 Å². The Morgan fingerprint density at radius 1 is 0.500 bits per heavy atom. The van der Waals surface area contributed by atoms with Crippen LogP contribution in [0.2, 0.25) is 0 Å². The standard InChI is InChI=1S/C44H42O8/c1-23(27-11-7-5-8-12-27)15-17-33(45)39-29-19-25(3)37(41(49)31(29)21-35(47)43(39)51)38-26(4)20-30-32(42(38)50)22-36(48)44(52)40(30)34(46)18-16-24(2)28-13-9-6-10-14-28/h5-14,19-24,47-52H,15-18H2,1-4H3/t23-,24-/m0/s1. The first kappa shape index (κ1) is 35.8. The molecule has 0 unspecified atom stereocenters. The first-order chi connectivity index (χ1) is 24.8. The van der Waals surface area contributed by atoms with Gasteiger partial charge in [-0.2, -0.15) is 0 Å². The monoisotopic (exact) mass is 698 g/mol. The van der Waals surface area contributed by atoms with E-state index in [0.29, 0.717) is 24.0 Å². The van der Waals surface area contributed by atoms with Gasteiger partial charge in [0.1, 0.15) is 11.5 Å². The number of hydrogen-bond acceptors (Lipinski definition) is 8. The van der Waals surface area contributed by atoms with Gasteiger partial charge in [0.25, 0.3) is 0 Å². The number of aryl methyl sites for hydroxylation is 2. The molecule has 6 rings (SSSR count). The number of aromatic hydroxyl groups is 6. The fourth-order valence-corrected chi connectivity index (χ4v) is 7.30. The minimum atomic E-state index is -0.582. The molecule has 0 fully saturated rings. The van der Waals surface area contributed by atoms with Crippen molar-refractivity contribution in [2.24, 2.45) is 0 Å². The summed E-state index contributed by atoms with van der Waals surface area (Å²) in [7, 11) is 0. The summed E-state index contributed by atoms with van der Waals surface area (Å²) in [5, 5.41) is 67.5. The Morgan fingerprint density at radius 2 is 0.846 bits per heavy atom. The molecule has 0 spiro atoms. The Labute approximate surface area is 301 Å². The third kappa shape index (κ3) is 6.48. The van der Waals surface area contributed by atoms with Crippen LogP contribution in [0.25, 0.3) is 32.7 Å². The number of benzene rings is 6. The number of carbonyl (C=O) groups excluding carboxylic acids is 2. The lowest BCUT2D eigenvalue weighted by Crippen LogP contribution is -2.05. The van der Waals surface area contributed by atoms with E-state index in [1.807, 2.05) is 74.5 Å². The van der Waals surface area contributed by atoms with E-state index in [1.54, 1.807) is 26.0 Å². The molecule has 6 N–H and O–H groups in total. The molecule has 0 heterocycles. The molecule has 0 aliphatic carbocycles. The maximum atomic E-state index is 13.6. The highest BCUT2D eigenvalue weighted by Crippen LogP contribution is 2.51. The van der Waals surface area contributed by atoms with Crippen molar-refractivity contribution < 1.29 is 40.2 Å². The van der Waals surface area contributed by atoms with Crippen molar-refractivity contribution in [2.45, 2.75) is 65.2 Å². The fraction of sp³-hybridized carbons (Fsp3) is 0.227. The van der Waals surface area contributed by atoms with Gasteiger partial charge in [0, 0.05) is 45.5 Å². The molecule has 6 aromatic carbocycles. The lowest BCUT2D eigenvalue weighted by Gasteiger charge is -2.20. The third-order valence-corrected chi connectivity index (χ3v) is 10.3. The summed E-state index contributed by atoms with van der Waals surface area (Å²) < 4.78 is 0. The van der Waals surface area contributed by atoms with Gasteiger partial charge in [-0.15, -0.1) is 0 Å². The fourth-order valence-electron chi connectivity index (χ4n) is 7.30. The number of hydrogen-bond donors (Lipinski definition) is 6. The normalized spacial score (nSPS) is 12.6. The highest BCUT2D eigenvalue weighted by molar-refractivity contribution is 6.16. The largest absolute Gasteiger partial charge is 0.507 e. The lowest BCUT2D eigenvalue weighted by atomic mass is 9.85. The second-order valence-corrected chi connectivity index (χ2v) is 13.8. The number of fused-ring (bicyclic) bond motifs is 2. The maximum Gasteiger partial charge on any atom is 0.169 e. The smallest absolute Gasteiger partial charge is 0.169 e. The van der Waals surface area contributed by atoms with Gasteiger partial charge in [-0.3, -0.25) is 9.59 Å². The van der Waals surface area contributed by atoms with Crippen LogP contribution in [0.4, 0.5) is 0 Å². The van der Waals surface area contributed by atoms with Gasteiger partial charge in [0.05, 0.1) is 11.1 Å². The van der Waals surface area contributed by atoms with Gasteiger partial charge in [-0.05, 0) is 85.0 Å². The van der Waals surface area contributed by atoms with Crippen molar-refractivity contribution in [3.05, 3.63) is 118 Å². The number of phenolic OH excluding ortho intramolecular Hbond substituents is 6. The van der Waals surface area contributed by atoms with Crippen LogP contribution in [0.15, 0.2) is 84.9 Å². The molecule has 8 nitrogen and oxygen atoms in total. The minimum Gasteiger partial charge on any atom is -0.507 e. The predicted octanol–water partition coefficient (Wildman–Crippen LogP) is 10.0. The van der Waals surface area contributed by atoms with Crippen LogP contribution in [0.1, 0.15) is 94.3 Å². The molecule has 2 atom stereocenters. The van der Waals surface area contributed by atoms with E-state index in [2.05, 4.69) is 0 Å². The van der Waals surface area contributed by atoms with E-state index >= 15 is 0 Å². The number of rotatable bonds is 11. The maximum absolute atomic E-state index is 13.6. The zero-order chi connectivity index (χ0) is 37.4. The summed E-state index contributed by atoms with van der Waals surface area (Å²) >= 11 is 0. The molecule has 0 bridgehead atoms. The highest BCUT2D eigenvalue weighted by atomic mass is 16.3. The van der Waals surface area contributed by atoms with Gasteiger partial charge < -0.3 is 30.6 Å². The quantitative estimate of drug-likeness (QED) is 0.0577. The minimum absolute atomic E-state index is 0.0615. The zero-order valence-electron chi connectivity index (χ0n) is 29.6. The number of phenols is 6. The molecular weight excluding hydrogens is 656 g/mol.